The van der Waals surface area contributed by atoms with E-state index in [2.05, 4.69) is 35.5 Å². The van der Waals surface area contributed by atoms with Crippen LogP contribution in [0.15, 0.2) is 0 Å². The first-order valence-corrected chi connectivity index (χ1v) is 7.14. The van der Waals surface area contributed by atoms with Crippen LogP contribution < -0.4 is 10.6 Å². The van der Waals surface area contributed by atoms with Crippen LogP contribution in [0.2, 0.25) is 0 Å². The number of amides is 1. The fourth-order valence-electron chi connectivity index (χ4n) is 2.71. The zero-order valence-electron chi connectivity index (χ0n) is 12.1. The normalized spacial score (nSPS) is 31.3. The Morgan fingerprint density at radius 2 is 2.21 bits per heavy atom. The van der Waals surface area contributed by atoms with E-state index in [-0.39, 0.29) is 5.91 Å². The number of carbonyl (C=O) groups excluding carboxylic acids is 1. The molecule has 5 nitrogen and oxygen atoms in total. The van der Waals surface area contributed by atoms with Crippen LogP contribution in [-0.2, 0) is 4.79 Å². The highest BCUT2D eigenvalue weighted by atomic mass is 16.2. The van der Waals surface area contributed by atoms with Gasteiger partial charge in [-0.2, -0.15) is 5.26 Å². The minimum absolute atomic E-state index is 0.0306. The molecule has 2 N–H and O–H groups in total. The molecule has 2 aliphatic rings. The van der Waals surface area contributed by atoms with Gasteiger partial charge in [-0.1, -0.05) is 0 Å². The Morgan fingerprint density at radius 3 is 2.79 bits per heavy atom. The molecule has 0 aromatic rings. The van der Waals surface area contributed by atoms with E-state index in [1.807, 2.05) is 6.92 Å². The molecule has 1 amide bonds. The second-order valence-electron chi connectivity index (χ2n) is 6.22. The maximum Gasteiger partial charge on any atom is 0.235 e. The fraction of sp³-hybridized carbons (Fsp3) is 0.857. The number of piperazine rings is 1. The van der Waals surface area contributed by atoms with Crippen molar-refractivity contribution in [3.05, 3.63) is 0 Å². The van der Waals surface area contributed by atoms with E-state index in [0.29, 0.717) is 24.5 Å². The van der Waals surface area contributed by atoms with E-state index in [0.717, 1.165) is 25.9 Å². The predicted molar refractivity (Wildman–Crippen MR) is 73.4 cm³/mol. The average Bonchev–Trinajstić information content (AvgIpc) is 3.18. The second kappa shape index (κ2) is 5.48. The summed E-state index contributed by atoms with van der Waals surface area (Å²) < 4.78 is 0. The zero-order chi connectivity index (χ0) is 14.0. The minimum atomic E-state index is -0.681. The lowest BCUT2D eigenvalue weighted by molar-refractivity contribution is -0.124. The summed E-state index contributed by atoms with van der Waals surface area (Å²) in [5, 5.41) is 15.6. The number of carbonyl (C=O) groups is 1. The van der Waals surface area contributed by atoms with Crippen molar-refractivity contribution in [2.75, 3.05) is 19.6 Å². The van der Waals surface area contributed by atoms with Crippen molar-refractivity contribution in [1.82, 2.24) is 15.5 Å². The molecule has 0 aromatic carbocycles. The summed E-state index contributed by atoms with van der Waals surface area (Å²) in [6, 6.07) is 3.04. The summed E-state index contributed by atoms with van der Waals surface area (Å²) in [6.45, 7) is 8.26. The summed E-state index contributed by atoms with van der Waals surface area (Å²) in [5.41, 5.74) is -0.681. The minimum Gasteiger partial charge on any atom is -0.337 e. The van der Waals surface area contributed by atoms with Gasteiger partial charge in [-0.3, -0.25) is 9.69 Å². The zero-order valence-corrected chi connectivity index (χ0v) is 12.1. The van der Waals surface area contributed by atoms with E-state index < -0.39 is 5.54 Å². The van der Waals surface area contributed by atoms with E-state index in [9.17, 15) is 10.1 Å². The van der Waals surface area contributed by atoms with Crippen molar-refractivity contribution < 1.29 is 4.79 Å². The first kappa shape index (κ1) is 14.3. The predicted octanol–water partition coefficient (Wildman–Crippen LogP) is 0.477. The lowest BCUT2D eigenvalue weighted by Gasteiger charge is -2.37. The third kappa shape index (κ3) is 3.46. The summed E-state index contributed by atoms with van der Waals surface area (Å²) >= 11 is 0. The number of hydrogen-bond acceptors (Lipinski definition) is 4. The summed E-state index contributed by atoms with van der Waals surface area (Å²) in [4.78, 5) is 14.3. The van der Waals surface area contributed by atoms with Gasteiger partial charge >= 0.3 is 0 Å². The topological polar surface area (TPSA) is 68.2 Å². The quantitative estimate of drug-likeness (QED) is 0.775. The second-order valence-corrected chi connectivity index (χ2v) is 6.22. The van der Waals surface area contributed by atoms with Gasteiger partial charge in [-0.05, 0) is 39.5 Å². The molecule has 106 valence electrons. The number of hydrogen-bond donors (Lipinski definition) is 2. The molecule has 1 aliphatic heterocycles. The fourth-order valence-corrected chi connectivity index (χ4v) is 2.71. The summed E-state index contributed by atoms with van der Waals surface area (Å²) in [6.07, 6.45) is 2.09. The van der Waals surface area contributed by atoms with Gasteiger partial charge in [-0.25, -0.2) is 0 Å². The van der Waals surface area contributed by atoms with E-state index in [1.54, 1.807) is 0 Å². The lowest BCUT2D eigenvalue weighted by Crippen LogP contribution is -2.58. The molecule has 2 fully saturated rings. The molecular weight excluding hydrogens is 240 g/mol. The van der Waals surface area contributed by atoms with Crippen molar-refractivity contribution in [3.63, 3.8) is 0 Å². The van der Waals surface area contributed by atoms with Gasteiger partial charge in [0.05, 0.1) is 12.6 Å². The molecule has 0 spiro atoms. The third-order valence-electron chi connectivity index (χ3n) is 4.27. The Bertz CT molecular complexity index is 387. The maximum absolute atomic E-state index is 12.1. The first-order valence-electron chi connectivity index (χ1n) is 7.14. The monoisotopic (exact) mass is 264 g/mol. The van der Waals surface area contributed by atoms with Gasteiger partial charge in [0, 0.05) is 25.2 Å². The van der Waals surface area contributed by atoms with Crippen LogP contribution >= 0.6 is 0 Å². The van der Waals surface area contributed by atoms with Crippen LogP contribution in [0.1, 0.15) is 33.6 Å². The van der Waals surface area contributed by atoms with Gasteiger partial charge in [0.15, 0.2) is 0 Å². The molecule has 0 bridgehead atoms. The van der Waals surface area contributed by atoms with Crippen molar-refractivity contribution in [2.45, 2.75) is 51.2 Å². The standard InChI is InChI=1S/C14H24N4O/c1-10-7-18(11(2)6-16-10)8-13(19)17-14(3,9-15)12-4-5-12/h10-12,16H,4-8H2,1-3H3,(H,17,19). The average molecular weight is 264 g/mol. The van der Waals surface area contributed by atoms with Crippen LogP contribution in [0.3, 0.4) is 0 Å². The Labute approximate surface area is 115 Å². The van der Waals surface area contributed by atoms with Crippen molar-refractivity contribution in [2.24, 2.45) is 5.92 Å². The highest BCUT2D eigenvalue weighted by Crippen LogP contribution is 2.39. The Hall–Kier alpha value is -1.12. The summed E-state index contributed by atoms with van der Waals surface area (Å²) in [5.74, 6) is 0.303. The van der Waals surface area contributed by atoms with Crippen LogP contribution in [-0.4, -0.2) is 48.1 Å². The van der Waals surface area contributed by atoms with E-state index in [1.165, 1.54) is 0 Å². The van der Waals surface area contributed by atoms with Crippen LogP contribution in [0.4, 0.5) is 0 Å². The Morgan fingerprint density at radius 1 is 1.53 bits per heavy atom. The molecule has 1 saturated heterocycles. The number of nitrogens with zero attached hydrogens (tertiary/aromatic N) is 2. The van der Waals surface area contributed by atoms with Gasteiger partial charge in [0.2, 0.25) is 5.91 Å². The smallest absolute Gasteiger partial charge is 0.235 e. The lowest BCUT2D eigenvalue weighted by atomic mass is 9.98. The molecule has 2 rings (SSSR count). The Balaban J connectivity index is 1.88. The van der Waals surface area contributed by atoms with Crippen LogP contribution in [0.25, 0.3) is 0 Å². The van der Waals surface area contributed by atoms with Crippen molar-refractivity contribution >= 4 is 5.91 Å². The molecule has 3 unspecified atom stereocenters. The molecule has 1 saturated carbocycles. The number of rotatable bonds is 4. The molecule has 1 aliphatic carbocycles. The van der Waals surface area contributed by atoms with Gasteiger partial charge in [0.25, 0.3) is 0 Å². The molecule has 1 heterocycles. The van der Waals surface area contributed by atoms with Crippen molar-refractivity contribution in [3.8, 4) is 6.07 Å². The molecule has 19 heavy (non-hydrogen) atoms. The third-order valence-corrected chi connectivity index (χ3v) is 4.27. The molecule has 0 radical (unpaired) electrons. The number of nitriles is 1. The SMILES string of the molecule is CC1CN(CC(=O)NC(C)(C#N)C2CC2)C(C)CN1. The molecule has 0 aromatic heterocycles. The van der Waals surface area contributed by atoms with Crippen molar-refractivity contribution in [1.29, 1.82) is 5.26 Å². The molecular formula is C14H24N4O. The van der Waals surface area contributed by atoms with Gasteiger partial charge < -0.3 is 10.6 Å². The highest BCUT2D eigenvalue weighted by molar-refractivity contribution is 5.79. The van der Waals surface area contributed by atoms with Gasteiger partial charge in [0.1, 0.15) is 5.54 Å². The summed E-state index contributed by atoms with van der Waals surface area (Å²) in [7, 11) is 0. The molecule has 5 heteroatoms. The van der Waals surface area contributed by atoms with Gasteiger partial charge in [-0.15, -0.1) is 0 Å². The van der Waals surface area contributed by atoms with E-state index in [4.69, 9.17) is 0 Å². The van der Waals surface area contributed by atoms with Crippen LogP contribution in [0, 0.1) is 17.2 Å². The highest BCUT2D eigenvalue weighted by Gasteiger charge is 2.43. The van der Waals surface area contributed by atoms with Crippen LogP contribution in [0.5, 0.6) is 0 Å². The largest absolute Gasteiger partial charge is 0.337 e. The van der Waals surface area contributed by atoms with E-state index >= 15 is 0 Å². The number of nitrogens with one attached hydrogen (secondary N) is 2. The maximum atomic E-state index is 12.1. The molecule has 3 atom stereocenters. The Kier molecular flexibility index (Phi) is 4.12. The first-order chi connectivity index (χ1) is 8.94.